The minimum atomic E-state index is -0.00679. The molecular weight excluding hydrogens is 416 g/mol. The molecule has 2 aromatic rings. The van der Waals surface area contributed by atoms with E-state index in [0.29, 0.717) is 48.9 Å². The molecule has 2 bridgehead atoms. The molecule has 5 rings (SSSR count). The van der Waals surface area contributed by atoms with Crippen LogP contribution in [0.4, 0.5) is 5.82 Å². The van der Waals surface area contributed by atoms with Crippen LogP contribution in [0.3, 0.4) is 0 Å². The van der Waals surface area contributed by atoms with Gasteiger partial charge in [0.2, 0.25) is 5.91 Å². The highest BCUT2D eigenvalue weighted by Gasteiger charge is 2.44. The van der Waals surface area contributed by atoms with E-state index in [4.69, 9.17) is 4.98 Å². The van der Waals surface area contributed by atoms with Crippen LogP contribution in [0.15, 0.2) is 30.7 Å². The van der Waals surface area contributed by atoms with Crippen LogP contribution in [-0.2, 0) is 17.9 Å². The molecule has 8 heteroatoms. The van der Waals surface area contributed by atoms with Gasteiger partial charge in [-0.3, -0.25) is 14.3 Å². The van der Waals surface area contributed by atoms with Gasteiger partial charge in [-0.15, -0.1) is 0 Å². The summed E-state index contributed by atoms with van der Waals surface area (Å²) in [4.78, 5) is 36.5. The molecule has 2 amide bonds. The summed E-state index contributed by atoms with van der Waals surface area (Å²) in [5.41, 5.74) is 1.65. The van der Waals surface area contributed by atoms with Crippen molar-refractivity contribution in [2.45, 2.75) is 58.7 Å². The average molecular weight is 451 g/mol. The number of aryl methyl sites for hydroxylation is 1. The quantitative estimate of drug-likeness (QED) is 0.677. The summed E-state index contributed by atoms with van der Waals surface area (Å²) in [6.45, 7) is 8.78. The van der Waals surface area contributed by atoms with Crippen LogP contribution in [-0.4, -0.2) is 68.6 Å². The third-order valence-corrected chi connectivity index (χ3v) is 7.55. The molecule has 0 aromatic carbocycles. The molecule has 5 heterocycles. The number of hydrogen-bond acceptors (Lipinski definition) is 5. The highest BCUT2D eigenvalue weighted by molar-refractivity contribution is 5.94. The first-order chi connectivity index (χ1) is 16.1. The number of nitrogens with zero attached hydrogens (tertiary/aromatic N) is 6. The second-order valence-electron chi connectivity index (χ2n) is 9.70. The minimum Gasteiger partial charge on any atom is -0.356 e. The van der Waals surface area contributed by atoms with Crippen molar-refractivity contribution in [3.63, 3.8) is 0 Å². The summed E-state index contributed by atoms with van der Waals surface area (Å²) in [5.74, 6) is 2.30. The van der Waals surface area contributed by atoms with E-state index in [1.165, 1.54) is 6.42 Å². The zero-order valence-corrected chi connectivity index (χ0v) is 19.7. The van der Waals surface area contributed by atoms with Gasteiger partial charge in [0, 0.05) is 69.7 Å². The number of rotatable bonds is 6. The van der Waals surface area contributed by atoms with E-state index in [9.17, 15) is 9.59 Å². The number of anilines is 1. The van der Waals surface area contributed by atoms with E-state index in [2.05, 4.69) is 14.9 Å². The lowest BCUT2D eigenvalue weighted by atomic mass is 9.76. The molecule has 33 heavy (non-hydrogen) atoms. The highest BCUT2D eigenvalue weighted by Crippen LogP contribution is 2.38. The molecule has 3 fully saturated rings. The Balaban J connectivity index is 1.25. The van der Waals surface area contributed by atoms with Gasteiger partial charge in [0.1, 0.15) is 5.82 Å². The first kappa shape index (κ1) is 21.9. The van der Waals surface area contributed by atoms with E-state index < -0.39 is 0 Å². The predicted molar refractivity (Wildman–Crippen MR) is 126 cm³/mol. The van der Waals surface area contributed by atoms with Gasteiger partial charge in [-0.25, -0.2) is 4.98 Å². The molecule has 0 N–H and O–H groups in total. The summed E-state index contributed by atoms with van der Waals surface area (Å²) < 4.78 is 1.88. The lowest BCUT2D eigenvalue weighted by Crippen LogP contribution is -2.60. The predicted octanol–water partition coefficient (Wildman–Crippen LogP) is 2.80. The van der Waals surface area contributed by atoms with Gasteiger partial charge in [0.05, 0.1) is 11.8 Å². The van der Waals surface area contributed by atoms with Crippen LogP contribution < -0.4 is 4.90 Å². The van der Waals surface area contributed by atoms with Crippen molar-refractivity contribution in [2.75, 3.05) is 31.1 Å². The second-order valence-corrected chi connectivity index (χ2v) is 9.70. The Bertz CT molecular complexity index is 1000. The molecule has 3 saturated heterocycles. The SMILES string of the molecule is CCN(Cc1cnn(CC)c1)C(=O)c1ccc(N2CC3CC(C2)[C@H]2CCCC(=O)N2C3)nc1. The van der Waals surface area contributed by atoms with Crippen molar-refractivity contribution >= 4 is 17.6 Å². The molecule has 8 nitrogen and oxygen atoms in total. The zero-order valence-electron chi connectivity index (χ0n) is 19.7. The van der Waals surface area contributed by atoms with Crippen LogP contribution in [0.5, 0.6) is 0 Å². The summed E-state index contributed by atoms with van der Waals surface area (Å²) >= 11 is 0. The van der Waals surface area contributed by atoms with Crippen molar-refractivity contribution in [1.29, 1.82) is 0 Å². The number of carbonyl (C=O) groups excluding carboxylic acids is 2. The topological polar surface area (TPSA) is 74.6 Å². The number of hydrogen-bond donors (Lipinski definition) is 0. The number of aromatic nitrogens is 3. The van der Waals surface area contributed by atoms with Crippen LogP contribution in [0.1, 0.15) is 55.5 Å². The third-order valence-electron chi connectivity index (χ3n) is 7.55. The number of piperidine rings is 3. The summed E-state index contributed by atoms with van der Waals surface area (Å²) in [6, 6.07) is 4.28. The Morgan fingerprint density at radius 2 is 2.06 bits per heavy atom. The van der Waals surface area contributed by atoms with Crippen LogP contribution in [0.25, 0.3) is 0 Å². The van der Waals surface area contributed by atoms with Gasteiger partial charge in [-0.1, -0.05) is 0 Å². The fourth-order valence-corrected chi connectivity index (χ4v) is 5.89. The zero-order chi connectivity index (χ0) is 22.9. The van der Waals surface area contributed by atoms with Gasteiger partial charge in [0.25, 0.3) is 5.91 Å². The number of amides is 2. The molecular formula is C25H34N6O2. The molecule has 3 atom stereocenters. The molecule has 3 aliphatic heterocycles. The van der Waals surface area contributed by atoms with Crippen molar-refractivity contribution in [3.05, 3.63) is 41.9 Å². The molecule has 2 unspecified atom stereocenters. The fraction of sp³-hybridized carbons (Fsp3) is 0.600. The van der Waals surface area contributed by atoms with Gasteiger partial charge in [-0.2, -0.15) is 5.10 Å². The van der Waals surface area contributed by atoms with Crippen LogP contribution >= 0.6 is 0 Å². The maximum Gasteiger partial charge on any atom is 0.255 e. The van der Waals surface area contributed by atoms with Crippen molar-refractivity contribution in [2.24, 2.45) is 11.8 Å². The van der Waals surface area contributed by atoms with Crippen LogP contribution in [0.2, 0.25) is 0 Å². The average Bonchev–Trinajstić information content (AvgIpc) is 3.30. The molecule has 3 aliphatic rings. The van der Waals surface area contributed by atoms with Gasteiger partial charge in [-0.05, 0) is 57.1 Å². The van der Waals surface area contributed by atoms with Gasteiger partial charge < -0.3 is 14.7 Å². The second kappa shape index (κ2) is 9.15. The lowest BCUT2D eigenvalue weighted by Gasteiger charge is -2.52. The normalized spacial score (nSPS) is 24.5. The van der Waals surface area contributed by atoms with E-state index in [0.717, 1.165) is 50.4 Å². The standard InChI is InChI=1S/C25H34N6O2/c1-3-28(14-19-11-27-30(4-2)15-19)25(33)20-8-9-23(26-12-20)29-13-18-10-21(17-29)22-6-5-7-24(32)31(22)16-18/h8-9,11-12,15,18,21-22H,3-7,10,13-14,16-17H2,1-2H3/t18?,21?,22-/m1/s1. The van der Waals surface area contributed by atoms with Crippen molar-refractivity contribution < 1.29 is 9.59 Å². The Kier molecular flexibility index (Phi) is 6.08. The van der Waals surface area contributed by atoms with E-state index >= 15 is 0 Å². The van der Waals surface area contributed by atoms with E-state index in [1.807, 2.05) is 48.0 Å². The van der Waals surface area contributed by atoms with Gasteiger partial charge >= 0.3 is 0 Å². The molecule has 176 valence electrons. The molecule has 0 radical (unpaired) electrons. The molecule has 0 saturated carbocycles. The third kappa shape index (κ3) is 4.35. The van der Waals surface area contributed by atoms with E-state index in [1.54, 1.807) is 6.20 Å². The maximum absolute atomic E-state index is 13.1. The maximum atomic E-state index is 13.1. The van der Waals surface area contributed by atoms with Gasteiger partial charge in [0.15, 0.2) is 0 Å². The highest BCUT2D eigenvalue weighted by atomic mass is 16.2. The summed E-state index contributed by atoms with van der Waals surface area (Å²) in [7, 11) is 0. The minimum absolute atomic E-state index is 0.00679. The Labute approximate surface area is 195 Å². The number of fused-ring (bicyclic) bond motifs is 4. The molecule has 2 aromatic heterocycles. The lowest BCUT2D eigenvalue weighted by molar-refractivity contribution is -0.142. The first-order valence-corrected chi connectivity index (χ1v) is 12.4. The summed E-state index contributed by atoms with van der Waals surface area (Å²) in [5, 5.41) is 4.31. The number of pyridine rings is 1. The van der Waals surface area contributed by atoms with Crippen molar-refractivity contribution in [3.8, 4) is 0 Å². The van der Waals surface area contributed by atoms with Crippen molar-refractivity contribution in [1.82, 2.24) is 24.6 Å². The number of carbonyl (C=O) groups is 2. The first-order valence-electron chi connectivity index (χ1n) is 12.4. The Morgan fingerprint density at radius 1 is 1.18 bits per heavy atom. The smallest absolute Gasteiger partial charge is 0.255 e. The Hall–Kier alpha value is -2.90. The van der Waals surface area contributed by atoms with Crippen LogP contribution in [0, 0.1) is 11.8 Å². The largest absolute Gasteiger partial charge is 0.356 e. The monoisotopic (exact) mass is 450 g/mol. The molecule has 0 spiro atoms. The van der Waals surface area contributed by atoms with E-state index in [-0.39, 0.29) is 5.91 Å². The molecule has 0 aliphatic carbocycles. The summed E-state index contributed by atoms with van der Waals surface area (Å²) in [6.07, 6.45) is 9.61. The Morgan fingerprint density at radius 3 is 2.79 bits per heavy atom. The fourth-order valence-electron chi connectivity index (χ4n) is 5.89.